The number of benzene rings is 4. The summed E-state index contributed by atoms with van der Waals surface area (Å²) in [5.41, 5.74) is 8.72. The molecule has 7 rings (SSSR count). The zero-order chi connectivity index (χ0) is 19.0. The van der Waals surface area contributed by atoms with E-state index in [-0.39, 0.29) is 4.75 Å². The standard InChI is InChI=1S/C27H16OS/c1-5-13-21-17(9-1)18-10-2-6-14-22(18)27(21)26-25(19-11-3-7-15-23(19)28-26)20-12-4-8-16-24(20)29-27/h1-16H. The molecule has 1 aliphatic heterocycles. The van der Waals surface area contributed by atoms with Crippen LogP contribution < -0.4 is 0 Å². The van der Waals surface area contributed by atoms with E-state index >= 15 is 0 Å². The molecule has 136 valence electrons. The molecular formula is C27H16OS. The Balaban J connectivity index is 1.70. The minimum absolute atomic E-state index is 0.365. The van der Waals surface area contributed by atoms with Gasteiger partial charge in [0.15, 0.2) is 0 Å². The molecular weight excluding hydrogens is 372 g/mol. The summed E-state index contributed by atoms with van der Waals surface area (Å²) >= 11 is 1.92. The lowest BCUT2D eigenvalue weighted by Crippen LogP contribution is -2.25. The summed E-state index contributed by atoms with van der Waals surface area (Å²) in [5, 5.41) is 1.19. The molecule has 2 aliphatic rings. The normalized spacial score (nSPS) is 15.0. The number of para-hydroxylation sites is 1. The smallest absolute Gasteiger partial charge is 0.138 e. The quantitative estimate of drug-likeness (QED) is 0.273. The van der Waals surface area contributed by atoms with Crippen molar-refractivity contribution in [1.29, 1.82) is 0 Å². The van der Waals surface area contributed by atoms with E-state index in [0.29, 0.717) is 0 Å². The maximum atomic E-state index is 6.68. The summed E-state index contributed by atoms with van der Waals surface area (Å²) in [4.78, 5) is 1.30. The molecule has 0 bridgehead atoms. The van der Waals surface area contributed by atoms with Crippen molar-refractivity contribution >= 4 is 22.7 Å². The van der Waals surface area contributed by atoms with E-state index in [2.05, 4.69) is 97.1 Å². The zero-order valence-electron chi connectivity index (χ0n) is 15.6. The van der Waals surface area contributed by atoms with Crippen LogP contribution >= 0.6 is 11.8 Å². The van der Waals surface area contributed by atoms with Gasteiger partial charge in [0, 0.05) is 15.8 Å². The van der Waals surface area contributed by atoms with Crippen molar-refractivity contribution in [1.82, 2.24) is 0 Å². The van der Waals surface area contributed by atoms with Crippen molar-refractivity contribution in [3.05, 3.63) is 114 Å². The molecule has 4 aromatic carbocycles. The minimum Gasteiger partial charge on any atom is -0.458 e. The number of hydrogen-bond donors (Lipinski definition) is 0. The average molecular weight is 388 g/mol. The Morgan fingerprint density at radius 1 is 0.586 bits per heavy atom. The molecule has 0 fully saturated rings. The molecule has 1 spiro atoms. The first kappa shape index (κ1) is 15.7. The van der Waals surface area contributed by atoms with Crippen LogP contribution in [0.2, 0.25) is 0 Å². The molecule has 1 aliphatic carbocycles. The van der Waals surface area contributed by atoms with Gasteiger partial charge < -0.3 is 4.42 Å². The largest absolute Gasteiger partial charge is 0.458 e. The molecule has 0 unspecified atom stereocenters. The summed E-state index contributed by atoms with van der Waals surface area (Å²) in [6.45, 7) is 0. The number of thioether (sulfide) groups is 1. The third-order valence-electron chi connectivity index (χ3n) is 6.24. The molecule has 0 amide bonds. The van der Waals surface area contributed by atoms with Crippen LogP contribution in [-0.2, 0) is 4.75 Å². The van der Waals surface area contributed by atoms with Crippen molar-refractivity contribution in [3.63, 3.8) is 0 Å². The van der Waals surface area contributed by atoms with Crippen LogP contribution in [0.4, 0.5) is 0 Å². The van der Waals surface area contributed by atoms with Gasteiger partial charge in [0.2, 0.25) is 0 Å². The Bertz CT molecular complexity index is 1400. The van der Waals surface area contributed by atoms with Crippen LogP contribution in [0.15, 0.2) is 106 Å². The van der Waals surface area contributed by atoms with Crippen LogP contribution in [0.1, 0.15) is 16.9 Å². The average Bonchev–Trinajstić information content (AvgIpc) is 3.30. The zero-order valence-corrected chi connectivity index (χ0v) is 16.4. The lowest BCUT2D eigenvalue weighted by Gasteiger charge is -2.34. The molecule has 1 nitrogen and oxygen atoms in total. The first-order valence-corrected chi connectivity index (χ1v) is 10.7. The SMILES string of the molecule is c1ccc2c(c1)SC1(c3ccccc3-c3ccccc31)c1oc3ccccc3c1-2. The summed E-state index contributed by atoms with van der Waals surface area (Å²) in [7, 11) is 0. The van der Waals surface area contributed by atoms with Crippen molar-refractivity contribution in [2.45, 2.75) is 9.64 Å². The highest BCUT2D eigenvalue weighted by atomic mass is 32.2. The molecule has 0 atom stereocenters. The molecule has 2 heteroatoms. The monoisotopic (exact) mass is 388 g/mol. The van der Waals surface area contributed by atoms with E-state index < -0.39 is 0 Å². The summed E-state index contributed by atoms with van der Waals surface area (Å²) in [6, 6.07) is 34.8. The molecule has 0 saturated heterocycles. The lowest BCUT2D eigenvalue weighted by molar-refractivity contribution is 0.530. The van der Waals surface area contributed by atoms with Crippen LogP contribution in [-0.4, -0.2) is 0 Å². The molecule has 0 N–H and O–H groups in total. The van der Waals surface area contributed by atoms with Gasteiger partial charge >= 0.3 is 0 Å². The predicted octanol–water partition coefficient (Wildman–Crippen LogP) is 7.48. The summed E-state index contributed by atoms with van der Waals surface area (Å²) in [5.74, 6) is 1.06. The molecule has 5 aromatic rings. The fourth-order valence-corrected chi connectivity index (χ4v) is 6.65. The highest BCUT2D eigenvalue weighted by Crippen LogP contribution is 2.66. The van der Waals surface area contributed by atoms with Crippen molar-refractivity contribution in [3.8, 4) is 22.3 Å². The van der Waals surface area contributed by atoms with Gasteiger partial charge in [-0.3, -0.25) is 0 Å². The van der Waals surface area contributed by atoms with Crippen molar-refractivity contribution in [2.75, 3.05) is 0 Å². The van der Waals surface area contributed by atoms with Gasteiger partial charge in [0.05, 0.1) is 0 Å². The predicted molar refractivity (Wildman–Crippen MR) is 119 cm³/mol. The Morgan fingerprint density at radius 3 is 1.93 bits per heavy atom. The summed E-state index contributed by atoms with van der Waals surface area (Å²) in [6.07, 6.45) is 0. The minimum atomic E-state index is -0.365. The number of hydrogen-bond acceptors (Lipinski definition) is 2. The van der Waals surface area contributed by atoms with Crippen LogP contribution in [0.25, 0.3) is 33.2 Å². The fourth-order valence-electron chi connectivity index (χ4n) is 5.08. The van der Waals surface area contributed by atoms with E-state index in [0.717, 1.165) is 11.3 Å². The van der Waals surface area contributed by atoms with Crippen molar-refractivity contribution < 1.29 is 4.42 Å². The van der Waals surface area contributed by atoms with Crippen LogP contribution in [0.5, 0.6) is 0 Å². The number of furan rings is 1. The second-order valence-electron chi connectivity index (χ2n) is 7.67. The van der Waals surface area contributed by atoms with Crippen LogP contribution in [0, 0.1) is 0 Å². The Morgan fingerprint density at radius 2 is 1.17 bits per heavy atom. The second kappa shape index (κ2) is 5.43. The molecule has 2 heterocycles. The molecule has 0 radical (unpaired) electrons. The van der Waals surface area contributed by atoms with Gasteiger partial charge in [0.25, 0.3) is 0 Å². The van der Waals surface area contributed by atoms with E-state index in [4.69, 9.17) is 4.42 Å². The topological polar surface area (TPSA) is 13.1 Å². The second-order valence-corrected chi connectivity index (χ2v) is 8.93. The third kappa shape index (κ3) is 1.83. The first-order valence-electron chi connectivity index (χ1n) is 9.88. The van der Waals surface area contributed by atoms with E-state index in [1.165, 1.54) is 43.7 Å². The van der Waals surface area contributed by atoms with Gasteiger partial charge in [-0.2, -0.15) is 0 Å². The maximum Gasteiger partial charge on any atom is 0.138 e. The highest BCUT2D eigenvalue weighted by molar-refractivity contribution is 8.01. The van der Waals surface area contributed by atoms with Gasteiger partial charge in [0.1, 0.15) is 16.1 Å². The number of fused-ring (bicyclic) bond motifs is 11. The Labute approximate surface area is 173 Å². The molecule has 1 aromatic heterocycles. The number of rotatable bonds is 0. The molecule has 0 saturated carbocycles. The Hall–Kier alpha value is -3.23. The van der Waals surface area contributed by atoms with Crippen LogP contribution in [0.3, 0.4) is 0 Å². The van der Waals surface area contributed by atoms with Gasteiger partial charge in [-0.25, -0.2) is 0 Å². The molecule has 29 heavy (non-hydrogen) atoms. The fraction of sp³-hybridized carbons (Fsp3) is 0.0370. The summed E-state index contributed by atoms with van der Waals surface area (Å²) < 4.78 is 6.31. The van der Waals surface area contributed by atoms with E-state index in [1.807, 2.05) is 11.8 Å². The maximum absolute atomic E-state index is 6.68. The third-order valence-corrected chi connectivity index (χ3v) is 7.74. The van der Waals surface area contributed by atoms with Gasteiger partial charge in [-0.15, -0.1) is 11.8 Å². The van der Waals surface area contributed by atoms with E-state index in [9.17, 15) is 0 Å². The lowest BCUT2D eigenvalue weighted by atomic mass is 9.87. The van der Waals surface area contributed by atoms with Gasteiger partial charge in [-0.05, 0) is 39.9 Å². The Kier molecular flexibility index (Phi) is 2.93. The first-order chi connectivity index (χ1) is 14.4. The highest BCUT2D eigenvalue weighted by Gasteiger charge is 2.52. The van der Waals surface area contributed by atoms with Gasteiger partial charge in [-0.1, -0.05) is 84.9 Å². The van der Waals surface area contributed by atoms with E-state index in [1.54, 1.807) is 0 Å². The van der Waals surface area contributed by atoms with Crippen molar-refractivity contribution in [2.24, 2.45) is 0 Å².